The summed E-state index contributed by atoms with van der Waals surface area (Å²) in [5.74, 6) is 0.587. The van der Waals surface area contributed by atoms with Gasteiger partial charge < -0.3 is 20.4 Å². The Labute approximate surface area is 104 Å². The van der Waals surface area contributed by atoms with E-state index in [9.17, 15) is 4.79 Å². The molecule has 0 radical (unpaired) electrons. The lowest BCUT2D eigenvalue weighted by Gasteiger charge is -2.18. The summed E-state index contributed by atoms with van der Waals surface area (Å²) in [5.41, 5.74) is 2.75. The molecule has 3 N–H and O–H groups in total. The van der Waals surface area contributed by atoms with Crippen molar-refractivity contribution in [3.05, 3.63) is 42.2 Å². The molecule has 0 spiro atoms. The van der Waals surface area contributed by atoms with Crippen molar-refractivity contribution >= 4 is 17.3 Å². The maximum Gasteiger partial charge on any atom is 0.262 e. The summed E-state index contributed by atoms with van der Waals surface area (Å²) in [6.07, 6.45) is 1.89. The van der Waals surface area contributed by atoms with Gasteiger partial charge in [0.2, 0.25) is 0 Å². The monoisotopic (exact) mass is 243 g/mol. The van der Waals surface area contributed by atoms with Crippen LogP contribution in [0, 0.1) is 0 Å². The van der Waals surface area contributed by atoms with Crippen molar-refractivity contribution in [2.24, 2.45) is 0 Å². The van der Waals surface area contributed by atoms with Gasteiger partial charge in [-0.05, 0) is 30.3 Å². The summed E-state index contributed by atoms with van der Waals surface area (Å²) in [4.78, 5) is 14.3. The van der Waals surface area contributed by atoms with E-state index in [0.29, 0.717) is 18.0 Å². The lowest BCUT2D eigenvalue weighted by molar-refractivity contribution is -0.118. The third kappa shape index (κ3) is 2.15. The van der Waals surface area contributed by atoms with E-state index < -0.39 is 0 Å². The average Bonchev–Trinajstić information content (AvgIpc) is 2.89. The minimum absolute atomic E-state index is 0.0856. The maximum atomic E-state index is 11.2. The number of benzene rings is 1. The van der Waals surface area contributed by atoms with Crippen LogP contribution in [0.1, 0.15) is 5.69 Å². The molecule has 5 nitrogen and oxygen atoms in total. The zero-order chi connectivity index (χ0) is 12.4. The number of fused-ring (bicyclic) bond motifs is 1. The van der Waals surface area contributed by atoms with Crippen molar-refractivity contribution < 1.29 is 9.53 Å². The van der Waals surface area contributed by atoms with Gasteiger partial charge in [0.25, 0.3) is 5.91 Å². The van der Waals surface area contributed by atoms with Gasteiger partial charge in [-0.2, -0.15) is 0 Å². The Bertz CT molecular complexity index is 564. The molecule has 1 aliphatic rings. The summed E-state index contributed by atoms with van der Waals surface area (Å²) < 4.78 is 5.30. The Hall–Kier alpha value is -2.43. The number of H-pyrrole nitrogens is 1. The van der Waals surface area contributed by atoms with Gasteiger partial charge in [0.05, 0.1) is 12.2 Å². The molecule has 0 fully saturated rings. The van der Waals surface area contributed by atoms with Crippen LogP contribution < -0.4 is 15.4 Å². The van der Waals surface area contributed by atoms with Crippen molar-refractivity contribution in [2.45, 2.75) is 6.54 Å². The van der Waals surface area contributed by atoms with Crippen molar-refractivity contribution in [3.8, 4) is 5.75 Å². The number of aromatic nitrogens is 1. The molecule has 2 heterocycles. The molecule has 0 atom stereocenters. The van der Waals surface area contributed by atoms with E-state index in [1.165, 1.54) is 0 Å². The summed E-state index contributed by atoms with van der Waals surface area (Å²) >= 11 is 0. The first-order chi connectivity index (χ1) is 8.81. The van der Waals surface area contributed by atoms with Crippen LogP contribution >= 0.6 is 0 Å². The highest BCUT2D eigenvalue weighted by molar-refractivity contribution is 5.95. The molecule has 1 amide bonds. The largest absolute Gasteiger partial charge is 0.482 e. The number of hydrogen-bond acceptors (Lipinski definition) is 3. The number of anilines is 2. The first-order valence-electron chi connectivity index (χ1n) is 5.74. The van der Waals surface area contributed by atoms with E-state index >= 15 is 0 Å². The van der Waals surface area contributed by atoms with Gasteiger partial charge in [-0.15, -0.1) is 0 Å². The minimum atomic E-state index is -0.121. The normalized spacial score (nSPS) is 13.4. The van der Waals surface area contributed by atoms with Crippen LogP contribution in [0.5, 0.6) is 5.75 Å². The van der Waals surface area contributed by atoms with Gasteiger partial charge >= 0.3 is 0 Å². The Kier molecular flexibility index (Phi) is 2.64. The van der Waals surface area contributed by atoms with Crippen molar-refractivity contribution in [2.75, 3.05) is 17.2 Å². The molecule has 1 aliphatic heterocycles. The molecule has 3 rings (SSSR count). The predicted octanol–water partition coefficient (Wildman–Crippen LogP) is 1.96. The number of amides is 1. The topological polar surface area (TPSA) is 66.1 Å². The zero-order valence-electron chi connectivity index (χ0n) is 9.69. The fourth-order valence-electron chi connectivity index (χ4n) is 1.87. The summed E-state index contributed by atoms with van der Waals surface area (Å²) in [6, 6.07) is 9.62. The molecule has 92 valence electrons. The highest BCUT2D eigenvalue weighted by Gasteiger charge is 2.15. The molecule has 1 aromatic carbocycles. The molecule has 0 saturated heterocycles. The van der Waals surface area contributed by atoms with Crippen LogP contribution in [0.3, 0.4) is 0 Å². The number of aromatic amines is 1. The van der Waals surface area contributed by atoms with E-state index in [-0.39, 0.29) is 12.5 Å². The lowest BCUT2D eigenvalue weighted by atomic mass is 10.2. The smallest absolute Gasteiger partial charge is 0.262 e. The number of nitrogens with one attached hydrogen (secondary N) is 3. The predicted molar refractivity (Wildman–Crippen MR) is 68.7 cm³/mol. The summed E-state index contributed by atoms with van der Waals surface area (Å²) in [6.45, 7) is 0.794. The molecular weight excluding hydrogens is 230 g/mol. The van der Waals surface area contributed by atoms with Crippen LogP contribution in [-0.4, -0.2) is 17.5 Å². The molecule has 0 unspecified atom stereocenters. The second kappa shape index (κ2) is 4.44. The zero-order valence-corrected chi connectivity index (χ0v) is 9.69. The SMILES string of the molecule is O=C1COc2ccc(NCc3ccc[nH]3)cc2N1. The van der Waals surface area contributed by atoms with Crippen molar-refractivity contribution in [3.63, 3.8) is 0 Å². The van der Waals surface area contributed by atoms with E-state index in [4.69, 9.17) is 4.74 Å². The number of hydrogen-bond donors (Lipinski definition) is 3. The number of ether oxygens (including phenoxy) is 1. The second-order valence-electron chi connectivity index (χ2n) is 4.10. The minimum Gasteiger partial charge on any atom is -0.482 e. The molecule has 2 aromatic rings. The molecular formula is C13H13N3O2. The van der Waals surface area contributed by atoms with E-state index in [1.807, 2.05) is 36.5 Å². The molecule has 18 heavy (non-hydrogen) atoms. The molecule has 0 aliphatic carbocycles. The summed E-state index contributed by atoms with van der Waals surface area (Å²) in [5, 5.41) is 6.06. The summed E-state index contributed by atoms with van der Waals surface area (Å²) in [7, 11) is 0. The van der Waals surface area contributed by atoms with Crippen molar-refractivity contribution in [1.29, 1.82) is 0 Å². The van der Waals surface area contributed by atoms with Crippen LogP contribution in [0.4, 0.5) is 11.4 Å². The quantitative estimate of drug-likeness (QED) is 0.772. The third-order valence-corrected chi connectivity index (χ3v) is 2.76. The fraction of sp³-hybridized carbons (Fsp3) is 0.154. The second-order valence-corrected chi connectivity index (χ2v) is 4.10. The van der Waals surface area contributed by atoms with Gasteiger partial charge in [0.1, 0.15) is 5.75 Å². The average molecular weight is 243 g/mol. The van der Waals surface area contributed by atoms with Gasteiger partial charge in [-0.25, -0.2) is 0 Å². The Balaban J connectivity index is 1.73. The number of rotatable bonds is 3. The Morgan fingerprint density at radius 3 is 3.11 bits per heavy atom. The Morgan fingerprint density at radius 1 is 1.33 bits per heavy atom. The lowest BCUT2D eigenvalue weighted by Crippen LogP contribution is -2.25. The first kappa shape index (κ1) is 10.7. The van der Waals surface area contributed by atoms with Crippen LogP contribution in [0.25, 0.3) is 0 Å². The molecule has 0 saturated carbocycles. The number of carbonyl (C=O) groups is 1. The molecule has 1 aromatic heterocycles. The van der Waals surface area contributed by atoms with Crippen LogP contribution in [0.15, 0.2) is 36.5 Å². The number of carbonyl (C=O) groups excluding carboxylic acids is 1. The maximum absolute atomic E-state index is 11.2. The van der Waals surface area contributed by atoms with Gasteiger partial charge in [-0.1, -0.05) is 0 Å². The van der Waals surface area contributed by atoms with Crippen LogP contribution in [-0.2, 0) is 11.3 Å². The third-order valence-electron chi connectivity index (χ3n) is 2.76. The Morgan fingerprint density at radius 2 is 2.28 bits per heavy atom. The highest BCUT2D eigenvalue weighted by Crippen LogP contribution is 2.30. The van der Waals surface area contributed by atoms with E-state index in [0.717, 1.165) is 11.4 Å². The molecule has 5 heteroatoms. The standard InChI is InChI=1S/C13H13N3O2/c17-13-8-18-12-4-3-9(6-11(12)16-13)15-7-10-2-1-5-14-10/h1-6,14-15H,7-8H2,(H,16,17). The highest BCUT2D eigenvalue weighted by atomic mass is 16.5. The fourth-order valence-corrected chi connectivity index (χ4v) is 1.87. The first-order valence-corrected chi connectivity index (χ1v) is 5.74. The van der Waals surface area contributed by atoms with Gasteiger partial charge in [-0.3, -0.25) is 4.79 Å². The van der Waals surface area contributed by atoms with Crippen molar-refractivity contribution in [1.82, 2.24) is 4.98 Å². The van der Waals surface area contributed by atoms with E-state index in [1.54, 1.807) is 0 Å². The molecule has 0 bridgehead atoms. The van der Waals surface area contributed by atoms with E-state index in [2.05, 4.69) is 15.6 Å². The van der Waals surface area contributed by atoms with Gasteiger partial charge in [0, 0.05) is 17.6 Å². The van der Waals surface area contributed by atoms with Crippen LogP contribution in [0.2, 0.25) is 0 Å². The van der Waals surface area contributed by atoms with Gasteiger partial charge in [0.15, 0.2) is 6.61 Å².